The number of benzene rings is 3. The summed E-state index contributed by atoms with van der Waals surface area (Å²) in [5, 5.41) is 15.6. The number of ether oxygens (including phenoxy) is 1. The largest absolute Gasteiger partial charge is 0.508 e. The second-order valence-electron chi connectivity index (χ2n) is 14.6. The van der Waals surface area contributed by atoms with E-state index in [1.807, 2.05) is 0 Å². The molecule has 9 rings (SSSR count). The molecule has 0 amide bonds. The summed E-state index contributed by atoms with van der Waals surface area (Å²) in [4.78, 5) is 16.6. The van der Waals surface area contributed by atoms with E-state index in [-0.39, 0.29) is 33.8 Å². The number of phenolic OH excluding ortho intramolecular Hbond substituents is 1. The second kappa shape index (κ2) is 10.7. The summed E-state index contributed by atoms with van der Waals surface area (Å²) in [6, 6.07) is 10.8. The Kier molecular flexibility index (Phi) is 6.66. The van der Waals surface area contributed by atoms with Gasteiger partial charge in [-0.1, -0.05) is 18.1 Å². The van der Waals surface area contributed by atoms with E-state index in [0.29, 0.717) is 65.4 Å². The highest BCUT2D eigenvalue weighted by molar-refractivity contribution is 6.04. The first-order valence-corrected chi connectivity index (χ1v) is 16.8. The van der Waals surface area contributed by atoms with Crippen LogP contribution in [0.4, 0.5) is 14.6 Å². The number of likely N-dealkylation sites (N-methyl/N-ethyl adjacent to an activating group) is 1. The summed E-state index contributed by atoms with van der Waals surface area (Å²) in [5.74, 6) is 2.17. The van der Waals surface area contributed by atoms with Gasteiger partial charge < -0.3 is 29.9 Å². The third-order valence-electron chi connectivity index (χ3n) is 11.3. The Balaban J connectivity index is 1.12. The molecule has 5 heterocycles. The molecule has 47 heavy (non-hydrogen) atoms. The third-order valence-corrected chi connectivity index (χ3v) is 11.3. The maximum absolute atomic E-state index is 16.9. The number of rotatable bonds is 7. The van der Waals surface area contributed by atoms with Gasteiger partial charge in [-0.05, 0) is 62.4 Å². The van der Waals surface area contributed by atoms with Crippen molar-refractivity contribution in [3.05, 3.63) is 53.6 Å². The minimum absolute atomic E-state index is 0.00837. The number of halogens is 2. The van der Waals surface area contributed by atoms with E-state index >= 15 is 8.78 Å². The van der Waals surface area contributed by atoms with Gasteiger partial charge >= 0.3 is 6.01 Å². The smallest absolute Gasteiger partial charge is 0.319 e. The Morgan fingerprint density at radius 1 is 1.06 bits per heavy atom. The van der Waals surface area contributed by atoms with E-state index in [4.69, 9.17) is 16.1 Å². The highest BCUT2D eigenvalue weighted by Gasteiger charge is 2.50. The van der Waals surface area contributed by atoms with E-state index in [2.05, 4.69) is 38.0 Å². The van der Waals surface area contributed by atoms with Crippen LogP contribution >= 0.6 is 0 Å². The normalized spacial score (nSPS) is 26.4. The van der Waals surface area contributed by atoms with Crippen molar-refractivity contribution >= 4 is 27.5 Å². The van der Waals surface area contributed by atoms with Crippen molar-refractivity contribution in [3.8, 4) is 35.2 Å². The maximum Gasteiger partial charge on any atom is 0.319 e. The van der Waals surface area contributed by atoms with Gasteiger partial charge in [-0.25, -0.2) is 8.78 Å². The summed E-state index contributed by atoms with van der Waals surface area (Å²) in [6.45, 7) is 6.19. The van der Waals surface area contributed by atoms with Crippen molar-refractivity contribution in [2.75, 3.05) is 57.8 Å². The Labute approximate surface area is 272 Å². The number of piperazine rings is 1. The molecule has 0 spiro atoms. The highest BCUT2D eigenvalue weighted by Crippen LogP contribution is 2.48. The standard InChI is InChI=1S/C37H38F2N6O2/c1-3-21-5-4-6-22-11-26(46)12-27(31(21)22)32-29(38)13-28-34(33(32)39)41-36(42-35(28)45-16-24-7-8-25(17-45)40-24)47-20-37(9-10-37)19-44-15-23-14-43(2)30(23)18-44/h1,4-6,11-13,23-25,30,40,46H,7-10,14-20H2,2H3. The molecule has 5 aliphatic rings. The van der Waals surface area contributed by atoms with E-state index < -0.39 is 11.6 Å². The molecule has 4 aliphatic heterocycles. The molecule has 5 fully saturated rings. The van der Waals surface area contributed by atoms with Crippen LogP contribution in [0.2, 0.25) is 0 Å². The van der Waals surface area contributed by atoms with Crippen LogP contribution in [-0.2, 0) is 0 Å². The van der Waals surface area contributed by atoms with Crippen LogP contribution in [-0.4, -0.2) is 95.9 Å². The fraction of sp³-hybridized carbons (Fsp3) is 0.459. The zero-order valence-corrected chi connectivity index (χ0v) is 26.5. The number of hydrogen-bond donors (Lipinski definition) is 2. The van der Waals surface area contributed by atoms with Gasteiger partial charge in [-0.3, -0.25) is 0 Å². The predicted molar refractivity (Wildman–Crippen MR) is 178 cm³/mol. The Morgan fingerprint density at radius 3 is 2.60 bits per heavy atom. The molecule has 1 saturated carbocycles. The molecule has 10 heteroatoms. The van der Waals surface area contributed by atoms with Crippen LogP contribution in [0, 0.1) is 35.3 Å². The molecular formula is C37H38F2N6O2. The monoisotopic (exact) mass is 636 g/mol. The summed E-state index contributed by atoms with van der Waals surface area (Å²) in [5.41, 5.74) is 0.395. The molecule has 8 nitrogen and oxygen atoms in total. The van der Waals surface area contributed by atoms with Crippen LogP contribution in [0.25, 0.3) is 32.8 Å². The van der Waals surface area contributed by atoms with Crippen molar-refractivity contribution in [1.29, 1.82) is 0 Å². The lowest BCUT2D eigenvalue weighted by atomic mass is 9.93. The first-order chi connectivity index (χ1) is 22.8. The lowest BCUT2D eigenvalue weighted by molar-refractivity contribution is 0.0824. The quantitative estimate of drug-likeness (QED) is 0.282. The Bertz CT molecular complexity index is 1960. The van der Waals surface area contributed by atoms with E-state index in [0.717, 1.165) is 51.2 Å². The molecule has 4 aromatic rings. The minimum Gasteiger partial charge on any atom is -0.508 e. The zero-order valence-electron chi connectivity index (χ0n) is 26.5. The molecule has 242 valence electrons. The number of nitrogens with one attached hydrogen (secondary N) is 1. The molecular weight excluding hydrogens is 598 g/mol. The minimum atomic E-state index is -0.830. The van der Waals surface area contributed by atoms with E-state index in [1.54, 1.807) is 24.3 Å². The van der Waals surface area contributed by atoms with Crippen molar-refractivity contribution in [3.63, 3.8) is 0 Å². The molecule has 1 aliphatic carbocycles. The van der Waals surface area contributed by atoms with Crippen molar-refractivity contribution in [2.24, 2.45) is 11.3 Å². The Hall–Kier alpha value is -4.04. The third kappa shape index (κ3) is 4.90. The lowest BCUT2D eigenvalue weighted by Gasteiger charge is -2.40. The molecule has 4 saturated heterocycles. The Morgan fingerprint density at radius 2 is 1.87 bits per heavy atom. The number of phenols is 1. The summed E-state index contributed by atoms with van der Waals surface area (Å²) >= 11 is 0. The van der Waals surface area contributed by atoms with Crippen LogP contribution in [0.1, 0.15) is 31.2 Å². The van der Waals surface area contributed by atoms with Crippen LogP contribution < -0.4 is 15.0 Å². The fourth-order valence-corrected chi connectivity index (χ4v) is 8.75. The molecule has 2 N–H and O–H groups in total. The zero-order chi connectivity index (χ0) is 32.0. The van der Waals surface area contributed by atoms with Crippen LogP contribution in [0.5, 0.6) is 11.8 Å². The van der Waals surface area contributed by atoms with Gasteiger partial charge in [0.2, 0.25) is 0 Å². The molecule has 1 aromatic heterocycles. The first kappa shape index (κ1) is 29.1. The average molecular weight is 637 g/mol. The van der Waals surface area contributed by atoms with Crippen molar-refractivity contribution in [2.45, 2.75) is 43.8 Å². The van der Waals surface area contributed by atoms with Crippen LogP contribution in [0.3, 0.4) is 0 Å². The van der Waals surface area contributed by atoms with Crippen molar-refractivity contribution < 1.29 is 18.6 Å². The first-order valence-electron chi connectivity index (χ1n) is 16.8. The summed E-state index contributed by atoms with van der Waals surface area (Å²) < 4.78 is 39.5. The predicted octanol–water partition coefficient (Wildman–Crippen LogP) is 4.76. The number of likely N-dealkylation sites (tertiary alicyclic amines) is 2. The van der Waals surface area contributed by atoms with Crippen molar-refractivity contribution in [1.82, 2.24) is 25.1 Å². The van der Waals surface area contributed by atoms with E-state index in [1.165, 1.54) is 18.7 Å². The number of terminal acetylenes is 1. The molecule has 4 unspecified atom stereocenters. The van der Waals surface area contributed by atoms with Crippen LogP contribution in [0.15, 0.2) is 36.4 Å². The SMILES string of the molecule is C#Cc1cccc2cc(O)cc(-c3c(F)cc4c(N5CC6CCC(C5)N6)nc(OCC5(CN6CC7CN(C)C7C6)CC5)nc4c3F)c12. The van der Waals surface area contributed by atoms with Gasteiger partial charge in [0.15, 0.2) is 5.82 Å². The highest BCUT2D eigenvalue weighted by atomic mass is 19.1. The molecule has 0 radical (unpaired) electrons. The number of aromatic nitrogens is 2. The van der Waals surface area contributed by atoms with Gasteiger partial charge in [-0.2, -0.15) is 9.97 Å². The van der Waals surface area contributed by atoms with Gasteiger partial charge in [0, 0.05) is 90.6 Å². The van der Waals surface area contributed by atoms with Gasteiger partial charge in [-0.15, -0.1) is 6.42 Å². The topological polar surface area (TPSA) is 77.0 Å². The number of fused-ring (bicyclic) bond motifs is 5. The average Bonchev–Trinajstić information content (AvgIpc) is 3.63. The van der Waals surface area contributed by atoms with Gasteiger partial charge in [0.05, 0.1) is 12.2 Å². The second-order valence-corrected chi connectivity index (χ2v) is 14.6. The number of aromatic hydroxyl groups is 1. The number of nitrogens with zero attached hydrogens (tertiary/aromatic N) is 5. The molecule has 4 atom stereocenters. The fourth-order valence-electron chi connectivity index (χ4n) is 8.75. The molecule has 2 bridgehead atoms. The molecule has 3 aromatic carbocycles. The number of hydrogen-bond acceptors (Lipinski definition) is 8. The number of anilines is 1. The maximum atomic E-state index is 16.9. The lowest BCUT2D eigenvalue weighted by Crippen LogP contribution is -2.52. The summed E-state index contributed by atoms with van der Waals surface area (Å²) in [7, 11) is 2.20. The van der Waals surface area contributed by atoms with Gasteiger partial charge in [0.1, 0.15) is 22.9 Å². The van der Waals surface area contributed by atoms with Gasteiger partial charge in [0.25, 0.3) is 0 Å². The van der Waals surface area contributed by atoms with E-state index in [9.17, 15) is 5.11 Å². The summed E-state index contributed by atoms with van der Waals surface area (Å²) in [6.07, 6.45) is 10.1.